The molecule has 0 radical (unpaired) electrons. The normalized spacial score (nSPS) is 12.2. The molecule has 13 heavy (non-hydrogen) atoms. The molecular weight excluding hydrogens is 170 g/mol. The largest absolute Gasteiger partial charge is 0.460 e. The Labute approximate surface area is 78.9 Å². The summed E-state index contributed by atoms with van der Waals surface area (Å²) in [5, 5.41) is 0. The highest BCUT2D eigenvalue weighted by Gasteiger charge is 2.07. The molecule has 0 amide bonds. The molecule has 0 aliphatic carbocycles. The summed E-state index contributed by atoms with van der Waals surface area (Å²) in [6.07, 6.45) is -0.150. The Hall–Kier alpha value is -0.870. The van der Waals surface area contributed by atoms with Crippen molar-refractivity contribution in [1.29, 1.82) is 0 Å². The van der Waals surface area contributed by atoms with Crippen LogP contribution in [0.3, 0.4) is 0 Å². The second-order valence-corrected chi connectivity index (χ2v) is 2.81. The van der Waals surface area contributed by atoms with E-state index in [2.05, 4.69) is 12.1 Å². The Morgan fingerprint density at radius 1 is 1.62 bits per heavy atom. The molecule has 0 bridgehead atoms. The lowest BCUT2D eigenvalue weighted by molar-refractivity contribution is -0.144. The molecule has 0 spiro atoms. The molecule has 0 saturated heterocycles. The predicted molar refractivity (Wildman–Crippen MR) is 50.0 cm³/mol. The van der Waals surface area contributed by atoms with E-state index in [1.54, 1.807) is 6.92 Å². The monoisotopic (exact) mass is 187 g/mol. The van der Waals surface area contributed by atoms with Gasteiger partial charge in [-0.25, -0.2) is 10.3 Å². The van der Waals surface area contributed by atoms with Crippen LogP contribution in [-0.4, -0.2) is 25.2 Å². The van der Waals surface area contributed by atoms with Crippen molar-refractivity contribution in [3.05, 3.63) is 12.2 Å². The van der Waals surface area contributed by atoms with Gasteiger partial charge < -0.3 is 4.74 Å². The Morgan fingerprint density at radius 2 is 2.23 bits per heavy atom. The first-order chi connectivity index (χ1) is 6.07. The van der Waals surface area contributed by atoms with Crippen LogP contribution in [0.25, 0.3) is 0 Å². The zero-order chi connectivity index (χ0) is 10.3. The highest BCUT2D eigenvalue weighted by atomic mass is 16.7. The van der Waals surface area contributed by atoms with Gasteiger partial charge in [-0.15, -0.1) is 0 Å². The maximum absolute atomic E-state index is 10.9. The van der Waals surface area contributed by atoms with Crippen LogP contribution in [0.4, 0.5) is 0 Å². The van der Waals surface area contributed by atoms with Crippen molar-refractivity contribution in [2.75, 3.05) is 13.2 Å². The van der Waals surface area contributed by atoms with Crippen molar-refractivity contribution in [3.63, 3.8) is 0 Å². The third kappa shape index (κ3) is 6.31. The molecule has 0 aromatic rings. The van der Waals surface area contributed by atoms with Crippen molar-refractivity contribution in [1.82, 2.24) is 5.48 Å². The Bertz CT molecular complexity index is 180. The molecule has 0 rings (SSSR count). The van der Waals surface area contributed by atoms with E-state index in [4.69, 9.17) is 9.57 Å². The van der Waals surface area contributed by atoms with Crippen LogP contribution in [0.5, 0.6) is 0 Å². The van der Waals surface area contributed by atoms with Crippen LogP contribution in [0.1, 0.15) is 20.8 Å². The van der Waals surface area contributed by atoms with Crippen LogP contribution < -0.4 is 5.48 Å². The van der Waals surface area contributed by atoms with Crippen molar-refractivity contribution >= 4 is 5.97 Å². The highest BCUT2D eigenvalue weighted by molar-refractivity contribution is 5.86. The molecular formula is C9H17NO3. The molecule has 1 unspecified atom stereocenters. The van der Waals surface area contributed by atoms with E-state index in [0.29, 0.717) is 5.57 Å². The van der Waals surface area contributed by atoms with Crippen LogP contribution in [-0.2, 0) is 14.4 Å². The molecule has 76 valence electrons. The zero-order valence-corrected chi connectivity index (χ0v) is 8.42. The van der Waals surface area contributed by atoms with Crippen LogP contribution in [0, 0.1) is 0 Å². The molecule has 0 aromatic heterocycles. The molecule has 4 heteroatoms. The first-order valence-corrected chi connectivity index (χ1v) is 4.29. The molecule has 1 N–H and O–H groups in total. The fourth-order valence-electron chi connectivity index (χ4n) is 0.576. The quantitative estimate of drug-likeness (QED) is 0.383. The second kappa shape index (κ2) is 6.62. The van der Waals surface area contributed by atoms with E-state index in [1.807, 2.05) is 13.8 Å². The Morgan fingerprint density at radius 3 is 2.69 bits per heavy atom. The molecule has 0 heterocycles. The van der Waals surface area contributed by atoms with Gasteiger partial charge in [0.05, 0.1) is 0 Å². The lowest BCUT2D eigenvalue weighted by atomic mass is 10.3. The van der Waals surface area contributed by atoms with Gasteiger partial charge in [-0.05, 0) is 13.8 Å². The number of carbonyl (C=O) groups is 1. The number of hydrogen-bond acceptors (Lipinski definition) is 4. The van der Waals surface area contributed by atoms with E-state index in [0.717, 1.165) is 6.54 Å². The highest BCUT2D eigenvalue weighted by Crippen LogP contribution is 1.95. The van der Waals surface area contributed by atoms with Crippen molar-refractivity contribution < 1.29 is 14.4 Å². The summed E-state index contributed by atoms with van der Waals surface area (Å²) >= 11 is 0. The number of hydrogen-bond donors (Lipinski definition) is 1. The lowest BCUT2D eigenvalue weighted by Gasteiger charge is -2.12. The standard InChI is InChI=1S/C9H17NO3/c1-5-10-13-8(4)6-12-9(11)7(2)3/h8,10H,2,5-6H2,1,3-4H3. The SMILES string of the molecule is C=C(C)C(=O)OCC(C)ONCC. The third-order valence-corrected chi connectivity index (χ3v) is 1.23. The first kappa shape index (κ1) is 12.1. The number of esters is 1. The van der Waals surface area contributed by atoms with E-state index < -0.39 is 0 Å². The van der Waals surface area contributed by atoms with Gasteiger partial charge in [0.2, 0.25) is 0 Å². The average molecular weight is 187 g/mol. The smallest absolute Gasteiger partial charge is 0.333 e. The van der Waals surface area contributed by atoms with Gasteiger partial charge in [-0.3, -0.25) is 4.84 Å². The maximum atomic E-state index is 10.9. The zero-order valence-electron chi connectivity index (χ0n) is 8.42. The van der Waals surface area contributed by atoms with E-state index in [1.165, 1.54) is 0 Å². The fraction of sp³-hybridized carbons (Fsp3) is 0.667. The van der Waals surface area contributed by atoms with Gasteiger partial charge in [-0.1, -0.05) is 13.5 Å². The Balaban J connectivity index is 3.51. The van der Waals surface area contributed by atoms with E-state index in [9.17, 15) is 4.79 Å². The van der Waals surface area contributed by atoms with E-state index >= 15 is 0 Å². The maximum Gasteiger partial charge on any atom is 0.333 e. The van der Waals surface area contributed by atoms with Gasteiger partial charge in [0.1, 0.15) is 12.7 Å². The average Bonchev–Trinajstić information content (AvgIpc) is 2.10. The molecule has 0 fully saturated rings. The number of hydroxylamine groups is 1. The molecule has 0 aliphatic heterocycles. The molecule has 0 saturated carbocycles. The second-order valence-electron chi connectivity index (χ2n) is 2.81. The predicted octanol–water partition coefficient (Wildman–Crippen LogP) is 1.04. The Kier molecular flexibility index (Phi) is 6.18. The van der Waals surface area contributed by atoms with Gasteiger partial charge in [0.25, 0.3) is 0 Å². The number of ether oxygens (including phenoxy) is 1. The first-order valence-electron chi connectivity index (χ1n) is 4.29. The summed E-state index contributed by atoms with van der Waals surface area (Å²) in [6.45, 7) is 9.77. The van der Waals surface area contributed by atoms with Gasteiger partial charge in [0, 0.05) is 12.1 Å². The third-order valence-electron chi connectivity index (χ3n) is 1.23. The number of carbonyl (C=O) groups excluding carboxylic acids is 1. The topological polar surface area (TPSA) is 47.6 Å². The molecule has 0 aliphatic rings. The molecule has 4 nitrogen and oxygen atoms in total. The summed E-state index contributed by atoms with van der Waals surface area (Å²) in [7, 11) is 0. The summed E-state index contributed by atoms with van der Waals surface area (Å²) < 4.78 is 4.86. The van der Waals surface area contributed by atoms with Gasteiger partial charge in [0.15, 0.2) is 0 Å². The molecule has 0 aromatic carbocycles. The van der Waals surface area contributed by atoms with Gasteiger partial charge in [-0.2, -0.15) is 0 Å². The van der Waals surface area contributed by atoms with Crippen molar-refractivity contribution in [2.24, 2.45) is 0 Å². The summed E-state index contributed by atoms with van der Waals surface area (Å²) in [6, 6.07) is 0. The van der Waals surface area contributed by atoms with Gasteiger partial charge >= 0.3 is 5.97 Å². The summed E-state index contributed by atoms with van der Waals surface area (Å²) in [5.74, 6) is -0.382. The lowest BCUT2D eigenvalue weighted by Crippen LogP contribution is -2.26. The van der Waals surface area contributed by atoms with E-state index in [-0.39, 0.29) is 18.7 Å². The van der Waals surface area contributed by atoms with Crippen molar-refractivity contribution in [2.45, 2.75) is 26.9 Å². The van der Waals surface area contributed by atoms with Crippen molar-refractivity contribution in [3.8, 4) is 0 Å². The number of rotatable bonds is 6. The molecule has 1 atom stereocenters. The fourth-order valence-corrected chi connectivity index (χ4v) is 0.576. The van der Waals surface area contributed by atoms with Crippen LogP contribution in [0.15, 0.2) is 12.2 Å². The number of nitrogens with one attached hydrogen (secondary N) is 1. The minimum absolute atomic E-state index is 0.150. The minimum Gasteiger partial charge on any atom is -0.460 e. The summed E-state index contributed by atoms with van der Waals surface area (Å²) in [4.78, 5) is 16.0. The summed E-state index contributed by atoms with van der Waals surface area (Å²) in [5.41, 5.74) is 3.09. The minimum atomic E-state index is -0.382. The van der Waals surface area contributed by atoms with Crippen LogP contribution in [0.2, 0.25) is 0 Å². The van der Waals surface area contributed by atoms with Crippen LogP contribution >= 0.6 is 0 Å².